The van der Waals surface area contributed by atoms with Gasteiger partial charge in [-0.25, -0.2) is 0 Å². The molecule has 0 radical (unpaired) electrons. The zero-order chi connectivity index (χ0) is 14.4. The highest BCUT2D eigenvalue weighted by atomic mass is 16.6. The number of rotatable bonds is 6. The normalized spacial score (nSPS) is 11.8. The van der Waals surface area contributed by atoms with Crippen molar-refractivity contribution in [2.75, 3.05) is 6.54 Å². The standard InChI is InChI=1S/C16H16N2O2/c1-2-12-17-16(13-6-4-3-5-7-13)14-8-10-15(11-9-14)18(19)20/h2-11,16-17H,1,12H2/i16-1. The largest absolute Gasteiger partial charge is 0.303 e. The molecular weight excluding hydrogens is 251 g/mol. The van der Waals surface area contributed by atoms with Crippen molar-refractivity contribution in [1.82, 2.24) is 5.32 Å². The van der Waals surface area contributed by atoms with Gasteiger partial charge >= 0.3 is 0 Å². The fourth-order valence-electron chi connectivity index (χ4n) is 2.06. The number of nitro benzene ring substituents is 1. The zero-order valence-electron chi connectivity index (χ0n) is 11.0. The van der Waals surface area contributed by atoms with Gasteiger partial charge in [-0.2, -0.15) is 0 Å². The Labute approximate surface area is 117 Å². The van der Waals surface area contributed by atoms with E-state index in [1.807, 2.05) is 30.3 Å². The first-order valence-corrected chi connectivity index (χ1v) is 6.36. The second-order valence-electron chi connectivity index (χ2n) is 4.39. The van der Waals surface area contributed by atoms with Crippen LogP contribution in [0.25, 0.3) is 0 Å². The third-order valence-electron chi connectivity index (χ3n) is 3.04. The number of benzene rings is 2. The highest BCUT2D eigenvalue weighted by Gasteiger charge is 2.14. The third-order valence-corrected chi connectivity index (χ3v) is 3.04. The monoisotopic (exact) mass is 267 g/mol. The summed E-state index contributed by atoms with van der Waals surface area (Å²) in [5.74, 6) is 0. The highest BCUT2D eigenvalue weighted by molar-refractivity contribution is 5.38. The lowest BCUT2D eigenvalue weighted by molar-refractivity contribution is -0.384. The van der Waals surface area contributed by atoms with E-state index in [0.29, 0.717) is 6.54 Å². The van der Waals surface area contributed by atoms with E-state index in [9.17, 15) is 10.1 Å². The van der Waals surface area contributed by atoms with Gasteiger partial charge < -0.3 is 5.32 Å². The van der Waals surface area contributed by atoms with E-state index in [1.165, 1.54) is 12.1 Å². The third kappa shape index (κ3) is 3.30. The van der Waals surface area contributed by atoms with Crippen molar-refractivity contribution in [3.05, 3.63) is 88.5 Å². The van der Waals surface area contributed by atoms with Gasteiger partial charge in [0.1, 0.15) is 0 Å². The molecule has 2 rings (SSSR count). The number of hydrogen-bond donors (Lipinski definition) is 1. The van der Waals surface area contributed by atoms with Gasteiger partial charge in [-0.1, -0.05) is 48.5 Å². The van der Waals surface area contributed by atoms with Gasteiger partial charge in [0.2, 0.25) is 0 Å². The quantitative estimate of drug-likeness (QED) is 0.495. The predicted molar refractivity (Wildman–Crippen MR) is 79.6 cm³/mol. The van der Waals surface area contributed by atoms with Gasteiger partial charge in [-0.15, -0.1) is 6.58 Å². The SMILES string of the molecule is C=CCN[11CH](c1ccccc1)c1ccc([N+](=O)[O-])cc1. The Kier molecular flexibility index (Phi) is 4.63. The summed E-state index contributed by atoms with van der Waals surface area (Å²) in [5, 5.41) is 14.1. The molecule has 1 N–H and O–H groups in total. The van der Waals surface area contributed by atoms with Gasteiger partial charge in [0, 0.05) is 18.7 Å². The summed E-state index contributed by atoms with van der Waals surface area (Å²) >= 11 is 0. The Morgan fingerprint density at radius 2 is 1.70 bits per heavy atom. The van der Waals surface area contributed by atoms with Gasteiger partial charge in [-0.05, 0) is 11.1 Å². The van der Waals surface area contributed by atoms with E-state index in [-0.39, 0.29) is 11.7 Å². The summed E-state index contributed by atoms with van der Waals surface area (Å²) < 4.78 is 0. The molecule has 0 saturated heterocycles. The molecule has 0 amide bonds. The number of nitrogens with one attached hydrogen (secondary N) is 1. The molecule has 0 aromatic heterocycles. The zero-order valence-corrected chi connectivity index (χ0v) is 11.0. The predicted octanol–water partition coefficient (Wildman–Crippen LogP) is 3.46. The van der Waals surface area contributed by atoms with Crippen LogP contribution in [0.2, 0.25) is 0 Å². The van der Waals surface area contributed by atoms with Crippen molar-refractivity contribution < 1.29 is 4.92 Å². The van der Waals surface area contributed by atoms with Crippen LogP contribution in [0, 0.1) is 10.1 Å². The van der Waals surface area contributed by atoms with Crippen LogP contribution in [-0.2, 0) is 0 Å². The Hall–Kier alpha value is -2.46. The summed E-state index contributed by atoms with van der Waals surface area (Å²) in [6, 6.07) is 16.6. The van der Waals surface area contributed by atoms with E-state index >= 15 is 0 Å². The molecule has 2 aromatic rings. The van der Waals surface area contributed by atoms with Crippen LogP contribution < -0.4 is 5.32 Å². The second kappa shape index (κ2) is 6.63. The molecule has 1 unspecified atom stereocenters. The van der Waals surface area contributed by atoms with Crippen molar-refractivity contribution in [3.8, 4) is 0 Å². The molecule has 0 aliphatic carbocycles. The molecule has 1 atom stereocenters. The summed E-state index contributed by atoms with van der Waals surface area (Å²) in [4.78, 5) is 10.3. The molecule has 0 aliphatic rings. The van der Waals surface area contributed by atoms with Crippen LogP contribution >= 0.6 is 0 Å². The molecule has 0 saturated carbocycles. The average molecular weight is 267 g/mol. The Morgan fingerprint density at radius 1 is 1.10 bits per heavy atom. The Bertz CT molecular complexity index is 579. The number of non-ortho nitro benzene ring substituents is 1. The van der Waals surface area contributed by atoms with E-state index in [4.69, 9.17) is 0 Å². The molecule has 2 aromatic carbocycles. The van der Waals surface area contributed by atoms with Crippen molar-refractivity contribution >= 4 is 5.69 Å². The molecule has 0 aliphatic heterocycles. The molecule has 4 heteroatoms. The Morgan fingerprint density at radius 3 is 2.25 bits per heavy atom. The minimum Gasteiger partial charge on any atom is -0.303 e. The Balaban J connectivity index is 2.31. The van der Waals surface area contributed by atoms with Crippen molar-refractivity contribution in [1.29, 1.82) is 0 Å². The summed E-state index contributed by atoms with van der Waals surface area (Å²) in [5.41, 5.74) is 2.20. The lowest BCUT2D eigenvalue weighted by Crippen LogP contribution is -2.22. The van der Waals surface area contributed by atoms with Crippen molar-refractivity contribution in [3.63, 3.8) is 0 Å². The summed E-state index contributed by atoms with van der Waals surface area (Å²) in [6.07, 6.45) is 1.79. The molecule has 20 heavy (non-hydrogen) atoms. The van der Waals surface area contributed by atoms with Gasteiger partial charge in [-0.3, -0.25) is 10.1 Å². The fraction of sp³-hybridized carbons (Fsp3) is 0.125. The first kappa shape index (κ1) is 14.0. The van der Waals surface area contributed by atoms with Crippen LogP contribution in [-0.4, -0.2) is 11.5 Å². The van der Waals surface area contributed by atoms with Crippen LogP contribution in [0.1, 0.15) is 17.2 Å². The molecule has 4 nitrogen and oxygen atoms in total. The van der Waals surface area contributed by atoms with Crippen LogP contribution in [0.5, 0.6) is 0 Å². The van der Waals surface area contributed by atoms with Crippen LogP contribution in [0.3, 0.4) is 0 Å². The molecular formula is C16H16N2O2. The van der Waals surface area contributed by atoms with E-state index in [0.717, 1.165) is 11.1 Å². The number of nitro groups is 1. The minimum atomic E-state index is -0.390. The van der Waals surface area contributed by atoms with Gasteiger partial charge in [0.25, 0.3) is 5.69 Å². The van der Waals surface area contributed by atoms with E-state index in [2.05, 4.69) is 11.9 Å². The lowest BCUT2D eigenvalue weighted by atomic mass is 9.61. The fourth-order valence-corrected chi connectivity index (χ4v) is 2.06. The topological polar surface area (TPSA) is 55.2 Å². The summed E-state index contributed by atoms with van der Waals surface area (Å²) in [7, 11) is 0. The van der Waals surface area contributed by atoms with E-state index < -0.39 is 4.92 Å². The maximum atomic E-state index is 10.7. The molecule has 102 valence electrons. The lowest BCUT2D eigenvalue weighted by Gasteiger charge is -2.18. The first-order chi connectivity index (χ1) is 9.72. The summed E-state index contributed by atoms with van der Waals surface area (Å²) in [6.45, 7) is 4.37. The minimum absolute atomic E-state index is 0.00463. The van der Waals surface area contributed by atoms with Crippen LogP contribution in [0.15, 0.2) is 67.3 Å². The molecule has 0 heterocycles. The van der Waals surface area contributed by atoms with Crippen LogP contribution in [0.4, 0.5) is 5.69 Å². The van der Waals surface area contributed by atoms with E-state index in [1.54, 1.807) is 18.2 Å². The van der Waals surface area contributed by atoms with Crippen molar-refractivity contribution in [2.45, 2.75) is 6.04 Å². The van der Waals surface area contributed by atoms with Gasteiger partial charge in [0.05, 0.1) is 11.0 Å². The maximum absolute atomic E-state index is 10.7. The number of nitrogens with zero attached hydrogens (tertiary/aromatic N) is 1. The molecule has 0 spiro atoms. The maximum Gasteiger partial charge on any atom is 0.269 e. The smallest absolute Gasteiger partial charge is 0.269 e. The molecule has 0 bridgehead atoms. The average Bonchev–Trinajstić information content (AvgIpc) is 2.49. The first-order valence-electron chi connectivity index (χ1n) is 6.36. The highest BCUT2D eigenvalue weighted by Crippen LogP contribution is 2.23. The van der Waals surface area contributed by atoms with Gasteiger partial charge in [0.15, 0.2) is 0 Å². The van der Waals surface area contributed by atoms with Crippen molar-refractivity contribution in [2.24, 2.45) is 0 Å². The number of hydrogen-bond acceptors (Lipinski definition) is 3. The second-order valence-corrected chi connectivity index (χ2v) is 4.39. The molecule has 0 fully saturated rings.